The first kappa shape index (κ1) is 24.2. The normalized spacial score (nSPS) is 22.7. The molecule has 3 heterocycles. The monoisotopic (exact) mass is 491 g/mol. The molecule has 3 aromatic rings. The summed E-state index contributed by atoms with van der Waals surface area (Å²) in [5.74, 6) is 0. The van der Waals surface area contributed by atoms with Gasteiger partial charge in [0.2, 0.25) is 0 Å². The van der Waals surface area contributed by atoms with Crippen molar-refractivity contribution in [3.63, 3.8) is 0 Å². The Hall–Kier alpha value is -2.96. The van der Waals surface area contributed by atoms with Gasteiger partial charge < -0.3 is 24.7 Å². The lowest BCUT2D eigenvalue weighted by atomic mass is 10.1. The number of pyridine rings is 1. The summed E-state index contributed by atoms with van der Waals surface area (Å²) in [5.41, 5.74) is 0.836. The molecule has 1 aromatic carbocycles. The lowest BCUT2D eigenvalue weighted by molar-refractivity contribution is -0.0548. The average molecular weight is 491 g/mol. The molecule has 0 radical (unpaired) electrons. The predicted octanol–water partition coefficient (Wildman–Crippen LogP) is -0.151. The Balaban J connectivity index is 1.56. The number of hydrogen-bond acceptors (Lipinski definition) is 8. The molecule has 180 valence electrons. The molecular formula is C21H22N3O9P. The predicted molar refractivity (Wildman–Crippen MR) is 118 cm³/mol. The third kappa shape index (κ3) is 5.24. The highest BCUT2D eigenvalue weighted by molar-refractivity contribution is 7.46. The van der Waals surface area contributed by atoms with Crippen LogP contribution in [0.4, 0.5) is 0 Å². The molecule has 1 fully saturated rings. The Morgan fingerprint density at radius 2 is 1.74 bits per heavy atom. The van der Waals surface area contributed by atoms with Crippen molar-refractivity contribution >= 4 is 7.82 Å². The molecule has 2 unspecified atom stereocenters. The molecule has 0 spiro atoms. The maximum Gasteiger partial charge on any atom is 0.469 e. The molecule has 13 heteroatoms. The minimum absolute atomic E-state index is 0.149. The lowest BCUT2D eigenvalue weighted by Crippen LogP contribution is -2.43. The number of phosphoric acid groups is 1. The van der Waals surface area contributed by atoms with Gasteiger partial charge in [0.15, 0.2) is 6.23 Å². The maximum absolute atomic E-state index is 13.0. The molecule has 4 rings (SSSR count). The fourth-order valence-electron chi connectivity index (χ4n) is 3.62. The highest BCUT2D eigenvalue weighted by Gasteiger charge is 2.45. The molecule has 1 aliphatic heterocycles. The van der Waals surface area contributed by atoms with E-state index < -0.39 is 50.2 Å². The van der Waals surface area contributed by atoms with Crippen LogP contribution in [-0.4, -0.2) is 59.0 Å². The fraction of sp³-hybridized carbons (Fsp3) is 0.286. The zero-order valence-corrected chi connectivity index (χ0v) is 18.5. The number of ether oxygens (including phenoxy) is 1. The van der Waals surface area contributed by atoms with E-state index in [-0.39, 0.29) is 6.54 Å². The Bertz CT molecular complexity index is 1300. The molecule has 0 aliphatic carbocycles. The van der Waals surface area contributed by atoms with Crippen molar-refractivity contribution in [3.05, 3.63) is 87.5 Å². The quantitative estimate of drug-likeness (QED) is 0.326. The van der Waals surface area contributed by atoms with Crippen LogP contribution in [0.5, 0.6) is 0 Å². The number of aliphatic hydroxyl groups is 2. The van der Waals surface area contributed by atoms with Crippen LogP contribution < -0.4 is 11.2 Å². The standard InChI is InChI=1S/C21H22N3O9P/c25-17-8-9-23(20-19(27)18(26)16(33-20)12-32-34(29,30)31)21(28)24(17)11-15-7-6-14(10-22-15)13-4-2-1-3-5-13/h1-10,16,18-20,26-27H,11-12H2,(H2,29,30,31)/t16-,18?,19?,20-/m1/s1. The van der Waals surface area contributed by atoms with Crippen LogP contribution in [0.3, 0.4) is 0 Å². The first-order valence-electron chi connectivity index (χ1n) is 10.2. The van der Waals surface area contributed by atoms with Crippen molar-refractivity contribution in [2.45, 2.75) is 31.1 Å². The van der Waals surface area contributed by atoms with Gasteiger partial charge in [-0.2, -0.15) is 0 Å². The van der Waals surface area contributed by atoms with Crippen LogP contribution in [0.15, 0.2) is 70.5 Å². The first-order valence-corrected chi connectivity index (χ1v) is 11.7. The van der Waals surface area contributed by atoms with Crippen molar-refractivity contribution in [3.8, 4) is 11.1 Å². The molecule has 34 heavy (non-hydrogen) atoms. The van der Waals surface area contributed by atoms with Crippen molar-refractivity contribution < 1.29 is 33.8 Å². The molecule has 0 bridgehead atoms. The molecular weight excluding hydrogens is 469 g/mol. The van der Waals surface area contributed by atoms with E-state index in [9.17, 15) is 24.4 Å². The van der Waals surface area contributed by atoms with Gasteiger partial charge in [0, 0.05) is 24.0 Å². The van der Waals surface area contributed by atoms with Crippen molar-refractivity contribution in [1.82, 2.24) is 14.1 Å². The van der Waals surface area contributed by atoms with E-state index in [1.54, 1.807) is 12.3 Å². The lowest BCUT2D eigenvalue weighted by Gasteiger charge is -2.18. The van der Waals surface area contributed by atoms with Gasteiger partial charge in [0.25, 0.3) is 5.56 Å². The van der Waals surface area contributed by atoms with Crippen LogP contribution in [-0.2, 0) is 20.4 Å². The number of aliphatic hydroxyl groups excluding tert-OH is 2. The van der Waals surface area contributed by atoms with Crippen LogP contribution in [0.1, 0.15) is 11.9 Å². The Morgan fingerprint density at radius 1 is 1.00 bits per heavy atom. The number of aromatic nitrogens is 3. The summed E-state index contributed by atoms with van der Waals surface area (Å²) >= 11 is 0. The fourth-order valence-corrected chi connectivity index (χ4v) is 3.96. The molecule has 1 saturated heterocycles. The number of phosphoric ester groups is 1. The van der Waals surface area contributed by atoms with Crippen LogP contribution in [0.2, 0.25) is 0 Å². The summed E-state index contributed by atoms with van der Waals surface area (Å²) in [7, 11) is -4.84. The number of benzene rings is 1. The van der Waals surface area contributed by atoms with Crippen LogP contribution in [0.25, 0.3) is 11.1 Å². The third-order valence-electron chi connectivity index (χ3n) is 5.37. The summed E-state index contributed by atoms with van der Waals surface area (Å²) < 4.78 is 22.5. The largest absolute Gasteiger partial charge is 0.469 e. The topological polar surface area (TPSA) is 173 Å². The van der Waals surface area contributed by atoms with E-state index in [4.69, 9.17) is 14.5 Å². The van der Waals surface area contributed by atoms with Gasteiger partial charge in [-0.25, -0.2) is 9.36 Å². The minimum atomic E-state index is -4.84. The van der Waals surface area contributed by atoms with E-state index in [1.165, 1.54) is 0 Å². The van der Waals surface area contributed by atoms with E-state index in [0.29, 0.717) is 5.69 Å². The van der Waals surface area contributed by atoms with Crippen LogP contribution in [0, 0.1) is 0 Å². The van der Waals surface area contributed by atoms with Crippen LogP contribution >= 0.6 is 7.82 Å². The van der Waals surface area contributed by atoms with E-state index in [1.807, 2.05) is 36.4 Å². The first-order chi connectivity index (χ1) is 16.1. The smallest absolute Gasteiger partial charge is 0.387 e. The van der Waals surface area contributed by atoms with Gasteiger partial charge in [-0.05, 0) is 11.6 Å². The Morgan fingerprint density at radius 3 is 2.38 bits per heavy atom. The molecule has 4 atom stereocenters. The Kier molecular flexibility index (Phi) is 6.91. The third-order valence-corrected chi connectivity index (χ3v) is 5.85. The highest BCUT2D eigenvalue weighted by atomic mass is 31.2. The molecule has 2 aromatic heterocycles. The van der Waals surface area contributed by atoms with Gasteiger partial charge in [-0.1, -0.05) is 36.4 Å². The maximum atomic E-state index is 13.0. The molecule has 0 amide bonds. The summed E-state index contributed by atoms with van der Waals surface area (Å²) in [6.07, 6.45) is -3.18. The van der Waals surface area contributed by atoms with Gasteiger partial charge in [0.1, 0.15) is 18.3 Å². The summed E-state index contributed by atoms with van der Waals surface area (Å²) in [6.45, 7) is -0.866. The van der Waals surface area contributed by atoms with Gasteiger partial charge in [0.05, 0.1) is 18.8 Å². The average Bonchev–Trinajstić information content (AvgIpc) is 3.09. The molecule has 4 N–H and O–H groups in total. The number of hydrogen-bond donors (Lipinski definition) is 4. The SMILES string of the molecule is O=c1ccn([C@@H]2O[C@H](COP(=O)(O)O)C(O)C2O)c(=O)n1Cc1ccc(-c2ccccc2)cn1. The van der Waals surface area contributed by atoms with E-state index >= 15 is 0 Å². The Labute approximate surface area is 192 Å². The van der Waals surface area contributed by atoms with Gasteiger partial charge >= 0.3 is 13.5 Å². The summed E-state index contributed by atoms with van der Waals surface area (Å²) in [4.78, 5) is 47.4. The van der Waals surface area contributed by atoms with E-state index in [2.05, 4.69) is 9.51 Å². The number of nitrogens with zero attached hydrogens (tertiary/aromatic N) is 3. The highest BCUT2D eigenvalue weighted by Crippen LogP contribution is 2.38. The summed E-state index contributed by atoms with van der Waals surface area (Å²) in [6, 6.07) is 14.1. The van der Waals surface area contributed by atoms with Gasteiger partial charge in [-0.3, -0.25) is 23.4 Å². The van der Waals surface area contributed by atoms with E-state index in [0.717, 1.165) is 32.5 Å². The van der Waals surface area contributed by atoms with Gasteiger partial charge in [-0.15, -0.1) is 0 Å². The van der Waals surface area contributed by atoms with Crippen molar-refractivity contribution in [2.24, 2.45) is 0 Å². The second-order valence-electron chi connectivity index (χ2n) is 7.67. The van der Waals surface area contributed by atoms with Crippen molar-refractivity contribution in [1.29, 1.82) is 0 Å². The van der Waals surface area contributed by atoms with Crippen molar-refractivity contribution in [2.75, 3.05) is 6.61 Å². The number of rotatable bonds is 7. The molecule has 1 aliphatic rings. The molecule has 12 nitrogen and oxygen atoms in total. The zero-order chi connectivity index (χ0) is 24.5. The zero-order valence-electron chi connectivity index (χ0n) is 17.6. The second-order valence-corrected chi connectivity index (χ2v) is 8.91. The second kappa shape index (κ2) is 9.72. The minimum Gasteiger partial charge on any atom is -0.387 e. The molecule has 0 saturated carbocycles. The summed E-state index contributed by atoms with van der Waals surface area (Å²) in [5, 5.41) is 20.5.